The molecule has 0 atom stereocenters. The van der Waals surface area contributed by atoms with Crippen molar-refractivity contribution in [2.24, 2.45) is 0 Å². The van der Waals surface area contributed by atoms with E-state index in [4.69, 9.17) is 0 Å². The Bertz CT molecular complexity index is 1560. The summed E-state index contributed by atoms with van der Waals surface area (Å²) in [6.45, 7) is 6.31. The van der Waals surface area contributed by atoms with Crippen LogP contribution in [0.15, 0.2) is 71.5 Å². The average Bonchev–Trinajstić information content (AvgIpc) is 3.22. The molecule has 0 fully saturated rings. The fourth-order valence-electron chi connectivity index (χ4n) is 4.13. The molecule has 0 unspecified atom stereocenters. The average molecular weight is 438 g/mol. The van der Waals surface area contributed by atoms with Gasteiger partial charge in [-0.15, -0.1) is 5.10 Å². The van der Waals surface area contributed by atoms with Crippen molar-refractivity contribution in [3.8, 4) is 0 Å². The first-order chi connectivity index (χ1) is 15.9. The number of rotatable bonds is 4. The Morgan fingerprint density at radius 1 is 0.879 bits per heavy atom. The van der Waals surface area contributed by atoms with Gasteiger partial charge in [0, 0.05) is 5.69 Å². The number of anilines is 1. The van der Waals surface area contributed by atoms with Crippen LogP contribution in [-0.4, -0.2) is 25.1 Å². The lowest BCUT2D eigenvalue weighted by atomic mass is 10.1. The molecule has 0 aliphatic heterocycles. The Labute approximate surface area is 190 Å². The molecule has 0 spiro atoms. The smallest absolute Gasteiger partial charge is 0.296 e. The van der Waals surface area contributed by atoms with Gasteiger partial charge in [0.05, 0.1) is 17.6 Å². The summed E-state index contributed by atoms with van der Waals surface area (Å²) in [6.07, 6.45) is 0. The van der Waals surface area contributed by atoms with Gasteiger partial charge in [0.25, 0.3) is 11.5 Å². The third-order valence-electron chi connectivity index (χ3n) is 5.56. The summed E-state index contributed by atoms with van der Waals surface area (Å²) in [5.41, 5.74) is 6.04. The molecule has 1 N–H and O–H groups in total. The minimum absolute atomic E-state index is 0.0504. The fraction of sp³-hybridized carbons (Fsp3) is 0.154. The maximum atomic E-state index is 13.4. The number of carbonyl (C=O) groups is 1. The number of aromatic nitrogens is 4. The number of nitrogens with one attached hydrogen (secondary N) is 1. The summed E-state index contributed by atoms with van der Waals surface area (Å²) >= 11 is 0. The lowest BCUT2D eigenvalue weighted by Crippen LogP contribution is -2.24. The number of aryl methyl sites for hydroxylation is 3. The van der Waals surface area contributed by atoms with Crippen molar-refractivity contribution in [2.75, 3.05) is 5.32 Å². The van der Waals surface area contributed by atoms with Crippen LogP contribution >= 0.6 is 0 Å². The van der Waals surface area contributed by atoms with Crippen molar-refractivity contribution in [1.29, 1.82) is 0 Å². The second kappa shape index (κ2) is 8.02. The monoisotopic (exact) mass is 437 g/mol. The molecule has 0 saturated carbocycles. The Morgan fingerprint density at radius 3 is 2.33 bits per heavy atom. The highest BCUT2D eigenvalue weighted by molar-refractivity contribution is 6.02. The third-order valence-corrected chi connectivity index (χ3v) is 5.56. The second-order valence-electron chi connectivity index (χ2n) is 8.37. The predicted octanol–water partition coefficient (Wildman–Crippen LogP) is 4.27. The highest BCUT2D eigenvalue weighted by Crippen LogP contribution is 2.18. The van der Waals surface area contributed by atoms with Crippen molar-refractivity contribution in [3.63, 3.8) is 0 Å². The van der Waals surface area contributed by atoms with E-state index in [1.165, 1.54) is 4.52 Å². The van der Waals surface area contributed by atoms with Crippen LogP contribution < -0.4 is 10.9 Å². The van der Waals surface area contributed by atoms with Crippen LogP contribution in [-0.2, 0) is 6.54 Å². The summed E-state index contributed by atoms with van der Waals surface area (Å²) in [5, 5.41) is 7.25. The van der Waals surface area contributed by atoms with E-state index in [9.17, 15) is 9.59 Å². The van der Waals surface area contributed by atoms with E-state index < -0.39 is 5.91 Å². The number of carbonyl (C=O) groups excluding carboxylic acids is 1. The van der Waals surface area contributed by atoms with E-state index in [1.807, 2.05) is 87.5 Å². The predicted molar refractivity (Wildman–Crippen MR) is 129 cm³/mol. The molecule has 33 heavy (non-hydrogen) atoms. The van der Waals surface area contributed by atoms with Gasteiger partial charge in [0.2, 0.25) is 11.5 Å². The van der Waals surface area contributed by atoms with Crippen molar-refractivity contribution >= 4 is 28.3 Å². The molecule has 7 heteroatoms. The zero-order valence-electron chi connectivity index (χ0n) is 18.7. The van der Waals surface area contributed by atoms with Gasteiger partial charge in [-0.1, -0.05) is 42.5 Å². The van der Waals surface area contributed by atoms with Crippen LogP contribution in [0.2, 0.25) is 0 Å². The summed E-state index contributed by atoms with van der Waals surface area (Å²) in [4.78, 5) is 30.7. The van der Waals surface area contributed by atoms with Crippen LogP contribution in [0.4, 0.5) is 5.69 Å². The Morgan fingerprint density at radius 2 is 1.61 bits per heavy atom. The van der Waals surface area contributed by atoms with Crippen LogP contribution in [0.3, 0.4) is 0 Å². The Balaban J connectivity index is 1.64. The highest BCUT2D eigenvalue weighted by Gasteiger charge is 2.19. The number of benzene rings is 3. The molecule has 2 aromatic heterocycles. The number of hydrogen-bond donors (Lipinski definition) is 1. The quantitative estimate of drug-likeness (QED) is 0.455. The minimum Gasteiger partial charge on any atom is -0.319 e. The molecule has 2 heterocycles. The molecular formula is C26H23N5O2. The van der Waals surface area contributed by atoms with Crippen molar-refractivity contribution in [1.82, 2.24) is 19.2 Å². The normalized spacial score (nSPS) is 11.2. The maximum absolute atomic E-state index is 13.4. The molecule has 0 aliphatic rings. The van der Waals surface area contributed by atoms with E-state index in [0.717, 1.165) is 27.8 Å². The van der Waals surface area contributed by atoms with Gasteiger partial charge < -0.3 is 5.32 Å². The molecule has 1 amide bonds. The van der Waals surface area contributed by atoms with Crippen molar-refractivity contribution in [3.05, 3.63) is 105 Å². The van der Waals surface area contributed by atoms with E-state index in [0.29, 0.717) is 17.7 Å². The fourth-order valence-corrected chi connectivity index (χ4v) is 4.13. The van der Waals surface area contributed by atoms with Crippen molar-refractivity contribution < 1.29 is 4.79 Å². The first kappa shape index (κ1) is 20.6. The Hall–Kier alpha value is -4.26. The van der Waals surface area contributed by atoms with Crippen LogP contribution in [0.1, 0.15) is 32.9 Å². The van der Waals surface area contributed by atoms with E-state index >= 15 is 0 Å². The van der Waals surface area contributed by atoms with Crippen LogP contribution in [0, 0.1) is 20.8 Å². The molecule has 7 nitrogen and oxygen atoms in total. The van der Waals surface area contributed by atoms with E-state index in [1.54, 1.807) is 4.57 Å². The standard InChI is InChI=1S/C26H23N5O2/c1-16-9-10-21-22(14-16)30(15-19-7-5-4-6-8-19)26(33)24-28-23(29-31(21)24)25(32)27-20-12-17(2)11-18(3)13-20/h4-14H,15H2,1-3H3,(H,27,32). The number of nitrogens with zero attached hydrogens (tertiary/aromatic N) is 4. The van der Waals surface area contributed by atoms with Gasteiger partial charge in [-0.2, -0.15) is 4.98 Å². The lowest BCUT2D eigenvalue weighted by molar-refractivity contribution is 0.101. The van der Waals surface area contributed by atoms with Crippen LogP contribution in [0.25, 0.3) is 16.7 Å². The van der Waals surface area contributed by atoms with Crippen molar-refractivity contribution in [2.45, 2.75) is 27.3 Å². The third kappa shape index (κ3) is 3.89. The zero-order valence-corrected chi connectivity index (χ0v) is 18.7. The first-order valence-electron chi connectivity index (χ1n) is 10.7. The van der Waals surface area contributed by atoms with Gasteiger partial charge in [0.1, 0.15) is 0 Å². The van der Waals surface area contributed by atoms with E-state index in [2.05, 4.69) is 15.4 Å². The molecule has 0 radical (unpaired) electrons. The van der Waals surface area contributed by atoms with E-state index in [-0.39, 0.29) is 17.0 Å². The SMILES string of the molecule is Cc1cc(C)cc(NC(=O)c2nc3c(=O)n(Cc4ccccc4)c4cc(C)ccc4n3n2)c1. The number of hydrogen-bond acceptors (Lipinski definition) is 4. The summed E-state index contributed by atoms with van der Waals surface area (Å²) in [6, 6.07) is 21.4. The topological polar surface area (TPSA) is 81.3 Å². The summed E-state index contributed by atoms with van der Waals surface area (Å²) < 4.78 is 3.16. The molecule has 5 rings (SSSR count). The molecule has 0 bridgehead atoms. The van der Waals surface area contributed by atoms with Gasteiger partial charge in [-0.3, -0.25) is 14.2 Å². The molecular weight excluding hydrogens is 414 g/mol. The largest absolute Gasteiger partial charge is 0.319 e. The molecule has 0 saturated heterocycles. The number of amides is 1. The minimum atomic E-state index is -0.460. The molecule has 0 aliphatic carbocycles. The molecule has 164 valence electrons. The summed E-state index contributed by atoms with van der Waals surface area (Å²) in [7, 11) is 0. The van der Waals surface area contributed by atoms with Crippen LogP contribution in [0.5, 0.6) is 0 Å². The first-order valence-corrected chi connectivity index (χ1v) is 10.7. The summed E-state index contributed by atoms with van der Waals surface area (Å²) in [5.74, 6) is -0.511. The van der Waals surface area contributed by atoms with Gasteiger partial charge in [-0.25, -0.2) is 4.52 Å². The van der Waals surface area contributed by atoms with Gasteiger partial charge >= 0.3 is 0 Å². The molecule has 3 aromatic carbocycles. The van der Waals surface area contributed by atoms with Gasteiger partial charge in [-0.05, 0) is 67.3 Å². The zero-order chi connectivity index (χ0) is 23.1. The molecule has 5 aromatic rings. The lowest BCUT2D eigenvalue weighted by Gasteiger charge is -2.12. The maximum Gasteiger partial charge on any atom is 0.296 e. The Kier molecular flexibility index (Phi) is 5.01. The highest BCUT2D eigenvalue weighted by atomic mass is 16.2. The number of fused-ring (bicyclic) bond motifs is 3. The van der Waals surface area contributed by atoms with Gasteiger partial charge in [0.15, 0.2) is 0 Å². The second-order valence-corrected chi connectivity index (χ2v) is 8.37.